The fourth-order valence-corrected chi connectivity index (χ4v) is 3.37. The largest absolute Gasteiger partial charge is 0.485 e. The molecule has 2 heterocycles. The molecule has 0 radical (unpaired) electrons. The van der Waals surface area contributed by atoms with Crippen LogP contribution in [0.1, 0.15) is 25.0 Å². The van der Waals surface area contributed by atoms with E-state index in [1.165, 1.54) is 6.07 Å². The number of ether oxygens (including phenoxy) is 2. The van der Waals surface area contributed by atoms with Crippen molar-refractivity contribution in [2.75, 3.05) is 6.61 Å². The minimum absolute atomic E-state index is 0.0707. The summed E-state index contributed by atoms with van der Waals surface area (Å²) in [4.78, 5) is 11.4. The summed E-state index contributed by atoms with van der Waals surface area (Å²) in [5.74, 6) is 0.751. The van der Waals surface area contributed by atoms with Crippen LogP contribution in [0.5, 0.6) is 5.75 Å². The summed E-state index contributed by atoms with van der Waals surface area (Å²) < 4.78 is 17.6. The van der Waals surface area contributed by atoms with Crippen LogP contribution >= 0.6 is 0 Å². The summed E-state index contributed by atoms with van der Waals surface area (Å²) in [7, 11) is 0. The first kappa shape index (κ1) is 17.6. The molecule has 0 saturated heterocycles. The van der Waals surface area contributed by atoms with Crippen molar-refractivity contribution in [1.29, 1.82) is 0 Å². The van der Waals surface area contributed by atoms with Crippen LogP contribution in [0.15, 0.2) is 69.9 Å². The van der Waals surface area contributed by atoms with Gasteiger partial charge in [0.25, 0.3) is 0 Å². The van der Waals surface area contributed by atoms with E-state index < -0.39 is 5.60 Å². The molecule has 0 fully saturated rings. The van der Waals surface area contributed by atoms with E-state index in [1.54, 1.807) is 12.1 Å². The second-order valence-electron chi connectivity index (χ2n) is 7.30. The molecule has 0 spiro atoms. The van der Waals surface area contributed by atoms with E-state index in [2.05, 4.69) is 18.2 Å². The van der Waals surface area contributed by atoms with Gasteiger partial charge in [-0.1, -0.05) is 42.5 Å². The van der Waals surface area contributed by atoms with E-state index >= 15 is 0 Å². The van der Waals surface area contributed by atoms with Crippen LogP contribution in [-0.2, 0) is 11.2 Å². The van der Waals surface area contributed by atoms with Crippen molar-refractivity contribution >= 4 is 17.0 Å². The fraction of sp³-hybridized carbons (Fsp3) is 0.261. The highest BCUT2D eigenvalue weighted by Gasteiger charge is 2.37. The molecule has 4 nitrogen and oxygen atoms in total. The van der Waals surface area contributed by atoms with Crippen molar-refractivity contribution in [2.45, 2.75) is 32.0 Å². The van der Waals surface area contributed by atoms with Crippen molar-refractivity contribution in [3.8, 4) is 5.75 Å². The molecule has 0 saturated carbocycles. The van der Waals surface area contributed by atoms with Gasteiger partial charge >= 0.3 is 5.63 Å². The van der Waals surface area contributed by atoms with Crippen LogP contribution in [0.3, 0.4) is 0 Å². The summed E-state index contributed by atoms with van der Waals surface area (Å²) in [6, 6.07) is 17.2. The molecule has 1 aromatic heterocycles. The Labute approximate surface area is 158 Å². The van der Waals surface area contributed by atoms with Gasteiger partial charge in [0.15, 0.2) is 0 Å². The summed E-state index contributed by atoms with van der Waals surface area (Å²) in [6.07, 6.45) is 4.76. The van der Waals surface area contributed by atoms with Crippen LogP contribution in [0.4, 0.5) is 0 Å². The Morgan fingerprint density at radius 1 is 1.15 bits per heavy atom. The molecule has 0 unspecified atom stereocenters. The Bertz CT molecular complexity index is 1030. The van der Waals surface area contributed by atoms with Gasteiger partial charge in [0.2, 0.25) is 0 Å². The number of benzene rings is 2. The van der Waals surface area contributed by atoms with Crippen molar-refractivity contribution in [3.63, 3.8) is 0 Å². The lowest BCUT2D eigenvalue weighted by Gasteiger charge is -2.39. The van der Waals surface area contributed by atoms with Gasteiger partial charge < -0.3 is 13.9 Å². The topological polar surface area (TPSA) is 48.7 Å². The molecule has 3 aromatic rings. The van der Waals surface area contributed by atoms with E-state index in [1.807, 2.05) is 44.2 Å². The van der Waals surface area contributed by atoms with E-state index in [-0.39, 0.29) is 11.7 Å². The fourth-order valence-electron chi connectivity index (χ4n) is 3.37. The van der Waals surface area contributed by atoms with Crippen LogP contribution in [0, 0.1) is 0 Å². The molecule has 2 aromatic carbocycles. The summed E-state index contributed by atoms with van der Waals surface area (Å²) in [5.41, 5.74) is 1.92. The van der Waals surface area contributed by atoms with E-state index in [0.717, 1.165) is 28.7 Å². The molecule has 0 bridgehead atoms. The maximum absolute atomic E-state index is 11.4. The van der Waals surface area contributed by atoms with Gasteiger partial charge in [-0.2, -0.15) is 0 Å². The Kier molecular flexibility index (Phi) is 4.58. The zero-order valence-electron chi connectivity index (χ0n) is 15.5. The SMILES string of the molecule is CC1(C)Oc2cc3oc(=O)ccc3cc2C[C@@H]1OCC=Cc1ccccc1. The number of fused-ring (bicyclic) bond motifs is 2. The van der Waals surface area contributed by atoms with Crippen LogP contribution < -0.4 is 10.4 Å². The highest BCUT2D eigenvalue weighted by molar-refractivity contribution is 5.79. The average molecular weight is 362 g/mol. The molecular formula is C23H22O4. The smallest absolute Gasteiger partial charge is 0.336 e. The molecule has 0 aliphatic carbocycles. The quantitative estimate of drug-likeness (QED) is 0.636. The molecular weight excluding hydrogens is 340 g/mol. The third-order valence-corrected chi connectivity index (χ3v) is 4.86. The third-order valence-electron chi connectivity index (χ3n) is 4.86. The first-order valence-corrected chi connectivity index (χ1v) is 9.10. The molecule has 1 aliphatic heterocycles. The first-order chi connectivity index (χ1) is 13.0. The number of rotatable bonds is 4. The van der Waals surface area contributed by atoms with Crippen LogP contribution in [0.25, 0.3) is 17.0 Å². The normalized spacial score (nSPS) is 18.4. The second kappa shape index (κ2) is 7.05. The minimum atomic E-state index is -0.476. The number of hydrogen-bond acceptors (Lipinski definition) is 4. The monoisotopic (exact) mass is 362 g/mol. The summed E-state index contributed by atoms with van der Waals surface area (Å²) in [6.45, 7) is 4.56. The summed E-state index contributed by atoms with van der Waals surface area (Å²) >= 11 is 0. The van der Waals surface area contributed by atoms with Gasteiger partial charge in [0.05, 0.1) is 6.61 Å². The third kappa shape index (κ3) is 3.81. The molecule has 1 aliphatic rings. The number of hydrogen-bond donors (Lipinski definition) is 0. The minimum Gasteiger partial charge on any atom is -0.485 e. The predicted molar refractivity (Wildman–Crippen MR) is 106 cm³/mol. The highest BCUT2D eigenvalue weighted by atomic mass is 16.6. The molecule has 1 atom stereocenters. The standard InChI is InChI=1S/C23H22O4/c1-23(2)21(25-12-6-9-16-7-4-3-5-8-16)14-18-13-17-10-11-22(24)26-19(17)15-20(18)27-23/h3-11,13,15,21H,12,14H2,1-2H3/t21-/m0/s1. The lowest BCUT2D eigenvalue weighted by molar-refractivity contribution is -0.0753. The Balaban J connectivity index is 1.51. The van der Waals surface area contributed by atoms with E-state index in [0.29, 0.717) is 12.2 Å². The van der Waals surface area contributed by atoms with Gasteiger partial charge in [0, 0.05) is 23.9 Å². The van der Waals surface area contributed by atoms with E-state index in [9.17, 15) is 4.79 Å². The molecule has 0 amide bonds. The summed E-state index contributed by atoms with van der Waals surface area (Å²) in [5, 5.41) is 0.888. The zero-order chi connectivity index (χ0) is 18.9. The van der Waals surface area contributed by atoms with Crippen LogP contribution in [0.2, 0.25) is 0 Å². The highest BCUT2D eigenvalue weighted by Crippen LogP contribution is 2.37. The Morgan fingerprint density at radius 3 is 2.78 bits per heavy atom. The zero-order valence-corrected chi connectivity index (χ0v) is 15.5. The molecule has 4 heteroatoms. The Hall–Kier alpha value is -2.85. The maximum atomic E-state index is 11.4. The average Bonchev–Trinajstić information content (AvgIpc) is 2.64. The lowest BCUT2D eigenvalue weighted by atomic mass is 9.90. The molecule has 138 valence electrons. The van der Waals surface area contributed by atoms with Crippen molar-refractivity contribution < 1.29 is 13.9 Å². The van der Waals surface area contributed by atoms with Gasteiger partial charge in [-0.05, 0) is 37.1 Å². The molecule has 27 heavy (non-hydrogen) atoms. The lowest BCUT2D eigenvalue weighted by Crippen LogP contribution is -2.48. The predicted octanol–water partition coefficient (Wildman–Crippen LogP) is 4.61. The van der Waals surface area contributed by atoms with Crippen molar-refractivity contribution in [1.82, 2.24) is 0 Å². The van der Waals surface area contributed by atoms with Crippen LogP contribution in [-0.4, -0.2) is 18.3 Å². The van der Waals surface area contributed by atoms with Crippen molar-refractivity contribution in [2.24, 2.45) is 0 Å². The Morgan fingerprint density at radius 2 is 1.96 bits per heavy atom. The maximum Gasteiger partial charge on any atom is 0.336 e. The molecule has 0 N–H and O–H groups in total. The van der Waals surface area contributed by atoms with Gasteiger partial charge in [-0.3, -0.25) is 0 Å². The van der Waals surface area contributed by atoms with Gasteiger partial charge in [-0.15, -0.1) is 0 Å². The first-order valence-electron chi connectivity index (χ1n) is 9.10. The van der Waals surface area contributed by atoms with Gasteiger partial charge in [-0.25, -0.2) is 4.79 Å². The molecule has 4 rings (SSSR count). The van der Waals surface area contributed by atoms with Gasteiger partial charge in [0.1, 0.15) is 23.0 Å². The van der Waals surface area contributed by atoms with E-state index in [4.69, 9.17) is 13.9 Å². The van der Waals surface area contributed by atoms with Crippen molar-refractivity contribution in [3.05, 3.63) is 82.2 Å². The second-order valence-corrected chi connectivity index (χ2v) is 7.30.